The molecular weight excluding hydrogens is 272 g/mol. The molecule has 0 radical (unpaired) electrons. The molecule has 0 aromatic carbocycles. The van der Waals surface area contributed by atoms with Gasteiger partial charge in [0.05, 0.1) is 5.02 Å². The van der Waals surface area contributed by atoms with Gasteiger partial charge in [0.1, 0.15) is 11.1 Å². The van der Waals surface area contributed by atoms with Crippen molar-refractivity contribution in [2.45, 2.75) is 36.4 Å². The minimum atomic E-state index is -0.783. The third kappa shape index (κ3) is 4.15. The lowest BCUT2D eigenvalue weighted by Crippen LogP contribution is -2.38. The van der Waals surface area contributed by atoms with Crippen LogP contribution in [-0.4, -0.2) is 33.9 Å². The minimum absolute atomic E-state index is 0.398. The van der Waals surface area contributed by atoms with Gasteiger partial charge >= 0.3 is 5.97 Å². The van der Waals surface area contributed by atoms with Gasteiger partial charge in [0, 0.05) is 18.0 Å². The van der Waals surface area contributed by atoms with Crippen molar-refractivity contribution in [1.82, 2.24) is 10.3 Å². The molecule has 0 saturated heterocycles. The summed E-state index contributed by atoms with van der Waals surface area (Å²) in [5.74, 6) is -0.0948. The largest absolute Gasteiger partial charge is 0.480 e. The molecular formula is C12H15ClN2O2S. The van der Waals surface area contributed by atoms with E-state index in [0.29, 0.717) is 23.2 Å². The van der Waals surface area contributed by atoms with Gasteiger partial charge in [-0.15, -0.1) is 11.8 Å². The minimum Gasteiger partial charge on any atom is -0.480 e. The van der Waals surface area contributed by atoms with Crippen LogP contribution in [0.3, 0.4) is 0 Å². The van der Waals surface area contributed by atoms with Gasteiger partial charge < -0.3 is 10.4 Å². The molecule has 6 heteroatoms. The Bertz CT molecular complexity index is 426. The van der Waals surface area contributed by atoms with E-state index in [1.54, 1.807) is 18.3 Å². The molecule has 98 valence electrons. The first-order valence-corrected chi connectivity index (χ1v) is 7.25. The highest BCUT2D eigenvalue weighted by atomic mass is 35.5. The Morgan fingerprint density at radius 1 is 1.67 bits per heavy atom. The van der Waals surface area contributed by atoms with Crippen LogP contribution in [0, 0.1) is 0 Å². The lowest BCUT2D eigenvalue weighted by Gasteiger charge is -2.13. The fourth-order valence-corrected chi connectivity index (χ4v) is 2.74. The second-order valence-electron chi connectivity index (χ2n) is 4.26. The number of hydrogen-bond acceptors (Lipinski definition) is 4. The van der Waals surface area contributed by atoms with Crippen LogP contribution in [0.1, 0.15) is 19.3 Å². The van der Waals surface area contributed by atoms with E-state index in [2.05, 4.69) is 10.3 Å². The maximum absolute atomic E-state index is 11.1. The fourth-order valence-electron chi connectivity index (χ4n) is 1.56. The molecule has 1 fully saturated rings. The second kappa shape index (κ2) is 6.41. The standard InChI is InChI=1S/C12H15ClN2O2S/c13-9-2-1-6-14-11(9)18-7-5-10(12(16)17)15-8-3-4-8/h1-2,6,8,10,15H,3-5,7H2,(H,16,17). The third-order valence-corrected chi connectivity index (χ3v) is 4.14. The van der Waals surface area contributed by atoms with E-state index < -0.39 is 12.0 Å². The molecule has 0 spiro atoms. The van der Waals surface area contributed by atoms with Gasteiger partial charge in [0.2, 0.25) is 0 Å². The number of rotatable bonds is 7. The topological polar surface area (TPSA) is 62.2 Å². The van der Waals surface area contributed by atoms with Crippen LogP contribution < -0.4 is 5.32 Å². The number of hydrogen-bond donors (Lipinski definition) is 2. The van der Waals surface area contributed by atoms with Gasteiger partial charge in [0.15, 0.2) is 0 Å². The van der Waals surface area contributed by atoms with E-state index >= 15 is 0 Å². The predicted molar refractivity (Wildman–Crippen MR) is 72.2 cm³/mol. The quantitative estimate of drug-likeness (QED) is 0.754. The zero-order chi connectivity index (χ0) is 13.0. The Kier molecular flexibility index (Phi) is 4.86. The van der Waals surface area contributed by atoms with Crippen molar-refractivity contribution >= 4 is 29.3 Å². The van der Waals surface area contributed by atoms with Gasteiger partial charge in [-0.2, -0.15) is 0 Å². The Morgan fingerprint density at radius 2 is 2.44 bits per heavy atom. The number of carboxylic acid groups (broad SMARTS) is 1. The van der Waals surface area contributed by atoms with Crippen LogP contribution in [0.4, 0.5) is 0 Å². The highest BCUT2D eigenvalue weighted by Crippen LogP contribution is 2.25. The van der Waals surface area contributed by atoms with E-state index in [-0.39, 0.29) is 0 Å². The summed E-state index contributed by atoms with van der Waals surface area (Å²) in [7, 11) is 0. The normalized spacial score (nSPS) is 16.5. The summed E-state index contributed by atoms with van der Waals surface area (Å²) in [6.07, 6.45) is 4.43. The summed E-state index contributed by atoms with van der Waals surface area (Å²) in [6.45, 7) is 0. The average molecular weight is 287 g/mol. The maximum Gasteiger partial charge on any atom is 0.320 e. The van der Waals surface area contributed by atoms with Crippen LogP contribution in [0.2, 0.25) is 5.02 Å². The molecule has 0 bridgehead atoms. The van der Waals surface area contributed by atoms with Crippen LogP contribution in [0.5, 0.6) is 0 Å². The maximum atomic E-state index is 11.1. The molecule has 1 atom stereocenters. The average Bonchev–Trinajstić information content (AvgIpc) is 3.14. The highest BCUT2D eigenvalue weighted by molar-refractivity contribution is 7.99. The SMILES string of the molecule is O=C(O)C(CCSc1ncccc1Cl)NC1CC1. The summed E-state index contributed by atoms with van der Waals surface area (Å²) in [4.78, 5) is 15.2. The van der Waals surface area contributed by atoms with Crippen LogP contribution in [0.15, 0.2) is 23.4 Å². The lowest BCUT2D eigenvalue weighted by molar-refractivity contribution is -0.139. The molecule has 2 N–H and O–H groups in total. The molecule has 2 rings (SSSR count). The lowest BCUT2D eigenvalue weighted by atomic mass is 10.2. The van der Waals surface area contributed by atoms with Crippen molar-refractivity contribution in [3.8, 4) is 0 Å². The number of halogens is 1. The molecule has 1 aliphatic carbocycles. The first-order chi connectivity index (χ1) is 8.66. The number of pyridine rings is 1. The van der Waals surface area contributed by atoms with E-state index in [0.717, 1.165) is 17.9 Å². The highest BCUT2D eigenvalue weighted by Gasteiger charge is 2.27. The summed E-state index contributed by atoms with van der Waals surface area (Å²) < 4.78 is 0. The Hall–Kier alpha value is -0.780. The summed E-state index contributed by atoms with van der Waals surface area (Å²) in [5, 5.41) is 13.6. The summed E-state index contributed by atoms with van der Waals surface area (Å²) in [5.41, 5.74) is 0. The predicted octanol–water partition coefficient (Wildman–Crippen LogP) is 2.42. The molecule has 1 saturated carbocycles. The summed E-state index contributed by atoms with van der Waals surface area (Å²) >= 11 is 7.48. The molecule has 4 nitrogen and oxygen atoms in total. The molecule has 1 aromatic rings. The Balaban J connectivity index is 1.79. The van der Waals surface area contributed by atoms with E-state index in [4.69, 9.17) is 16.7 Å². The number of aliphatic carboxylic acids is 1. The number of nitrogens with zero attached hydrogens (tertiary/aromatic N) is 1. The molecule has 1 heterocycles. The van der Waals surface area contributed by atoms with Crippen LogP contribution in [0.25, 0.3) is 0 Å². The molecule has 1 aliphatic rings. The van der Waals surface area contributed by atoms with Gasteiger partial charge in [-0.3, -0.25) is 4.79 Å². The monoisotopic (exact) mass is 286 g/mol. The van der Waals surface area contributed by atoms with Crippen LogP contribution in [-0.2, 0) is 4.79 Å². The van der Waals surface area contributed by atoms with E-state index in [9.17, 15) is 4.79 Å². The second-order valence-corrected chi connectivity index (χ2v) is 5.75. The number of carbonyl (C=O) groups is 1. The van der Waals surface area contributed by atoms with Crippen molar-refractivity contribution in [2.24, 2.45) is 0 Å². The van der Waals surface area contributed by atoms with Crippen molar-refractivity contribution in [3.05, 3.63) is 23.4 Å². The fraction of sp³-hybridized carbons (Fsp3) is 0.500. The van der Waals surface area contributed by atoms with E-state index in [1.165, 1.54) is 11.8 Å². The zero-order valence-electron chi connectivity index (χ0n) is 9.80. The van der Waals surface area contributed by atoms with Crippen LogP contribution >= 0.6 is 23.4 Å². The van der Waals surface area contributed by atoms with Gasteiger partial charge in [-0.1, -0.05) is 11.6 Å². The van der Waals surface area contributed by atoms with Gasteiger partial charge in [0.25, 0.3) is 0 Å². The molecule has 0 aliphatic heterocycles. The molecule has 1 unspecified atom stereocenters. The Labute approximate surface area is 115 Å². The molecule has 0 amide bonds. The first kappa shape index (κ1) is 13.6. The smallest absolute Gasteiger partial charge is 0.320 e. The van der Waals surface area contributed by atoms with Crippen molar-refractivity contribution in [2.75, 3.05) is 5.75 Å². The van der Waals surface area contributed by atoms with E-state index in [1.807, 2.05) is 0 Å². The zero-order valence-corrected chi connectivity index (χ0v) is 11.4. The van der Waals surface area contributed by atoms with Gasteiger partial charge in [-0.25, -0.2) is 4.98 Å². The number of thioether (sulfide) groups is 1. The molecule has 1 aromatic heterocycles. The van der Waals surface area contributed by atoms with Crippen molar-refractivity contribution < 1.29 is 9.90 Å². The van der Waals surface area contributed by atoms with Crippen molar-refractivity contribution in [1.29, 1.82) is 0 Å². The molecule has 18 heavy (non-hydrogen) atoms. The number of nitrogens with one attached hydrogen (secondary N) is 1. The van der Waals surface area contributed by atoms with Crippen molar-refractivity contribution in [3.63, 3.8) is 0 Å². The summed E-state index contributed by atoms with van der Waals surface area (Å²) in [6, 6.07) is 3.50. The first-order valence-electron chi connectivity index (χ1n) is 5.89. The third-order valence-electron chi connectivity index (χ3n) is 2.68. The number of carboxylic acids is 1. The van der Waals surface area contributed by atoms with Gasteiger partial charge in [-0.05, 0) is 31.4 Å². The number of aromatic nitrogens is 1. The Morgan fingerprint density at radius 3 is 3.06 bits per heavy atom.